The molecule has 0 spiro atoms. The van der Waals surface area contributed by atoms with Crippen molar-refractivity contribution in [1.82, 2.24) is 10.0 Å². The third-order valence-corrected chi connectivity index (χ3v) is 10.6. The molecule has 11 heteroatoms. The number of halogens is 3. The number of nitrogens with two attached hydrogens (primary N) is 1. The van der Waals surface area contributed by atoms with E-state index in [1.807, 2.05) is 0 Å². The van der Waals surface area contributed by atoms with E-state index in [2.05, 4.69) is 10.0 Å². The monoisotopic (exact) mass is 527 g/mol. The molecule has 4 bridgehead atoms. The molecule has 0 aliphatic heterocycles. The minimum Gasteiger partial charge on any atom is -0.369 e. The van der Waals surface area contributed by atoms with Crippen molar-refractivity contribution in [2.75, 3.05) is 0 Å². The van der Waals surface area contributed by atoms with Crippen molar-refractivity contribution >= 4 is 21.8 Å². The lowest BCUT2D eigenvalue weighted by Gasteiger charge is -2.59. The van der Waals surface area contributed by atoms with Gasteiger partial charge in [0.2, 0.25) is 21.8 Å². The first kappa shape index (κ1) is 25.5. The van der Waals surface area contributed by atoms with Crippen LogP contribution in [0.4, 0.5) is 13.2 Å². The molecule has 1 aromatic rings. The first-order chi connectivity index (χ1) is 16.9. The smallest absolute Gasteiger partial charge is 0.369 e. The van der Waals surface area contributed by atoms with E-state index in [1.165, 1.54) is 6.07 Å². The average molecular weight is 528 g/mol. The Morgan fingerprint density at radius 1 is 0.972 bits per heavy atom. The zero-order chi connectivity index (χ0) is 25.9. The predicted octanol–water partition coefficient (Wildman–Crippen LogP) is 3.48. The van der Waals surface area contributed by atoms with Gasteiger partial charge in [0.15, 0.2) is 0 Å². The number of sulfonamides is 1. The Hall–Kier alpha value is -2.14. The summed E-state index contributed by atoms with van der Waals surface area (Å²) in [5.41, 5.74) is 2.45. The molecule has 0 radical (unpaired) electrons. The topological polar surface area (TPSA) is 118 Å². The van der Waals surface area contributed by atoms with E-state index in [-0.39, 0.29) is 36.6 Å². The van der Waals surface area contributed by atoms with E-state index >= 15 is 0 Å². The van der Waals surface area contributed by atoms with Gasteiger partial charge >= 0.3 is 6.18 Å². The molecular formula is C25H32F3N3O4S. The summed E-state index contributed by atoms with van der Waals surface area (Å²) in [5, 5.41) is 3.11. The molecule has 1 aromatic carbocycles. The largest absolute Gasteiger partial charge is 0.417 e. The lowest BCUT2D eigenvalue weighted by molar-refractivity contribution is -0.148. The maximum atomic E-state index is 13.8. The Morgan fingerprint density at radius 3 is 2.17 bits per heavy atom. The molecule has 0 saturated heterocycles. The Bertz CT molecular complexity index is 1150. The number of rotatable bonds is 6. The maximum Gasteiger partial charge on any atom is 0.417 e. The van der Waals surface area contributed by atoms with Crippen molar-refractivity contribution in [1.29, 1.82) is 0 Å². The van der Waals surface area contributed by atoms with Crippen molar-refractivity contribution in [2.24, 2.45) is 28.9 Å². The van der Waals surface area contributed by atoms with Crippen LogP contribution in [0, 0.1) is 23.2 Å². The van der Waals surface area contributed by atoms with Gasteiger partial charge in [-0.3, -0.25) is 9.59 Å². The fourth-order valence-corrected chi connectivity index (χ4v) is 9.28. The highest BCUT2D eigenvalue weighted by Gasteiger charge is 2.59. The number of carbonyl (C=O) groups excluding carboxylic acids is 2. The van der Waals surface area contributed by atoms with Gasteiger partial charge in [-0.15, -0.1) is 0 Å². The van der Waals surface area contributed by atoms with Crippen LogP contribution in [-0.4, -0.2) is 31.8 Å². The quantitative estimate of drug-likeness (QED) is 0.525. The van der Waals surface area contributed by atoms with Gasteiger partial charge in [0.05, 0.1) is 10.5 Å². The molecule has 198 valence electrons. The van der Waals surface area contributed by atoms with Gasteiger partial charge in [-0.25, -0.2) is 8.42 Å². The van der Waals surface area contributed by atoms with Crippen molar-refractivity contribution in [3.63, 3.8) is 0 Å². The van der Waals surface area contributed by atoms with Crippen LogP contribution in [0.15, 0.2) is 29.2 Å². The molecule has 2 atom stereocenters. The minimum absolute atomic E-state index is 0.0795. The number of nitrogens with one attached hydrogen (secondary N) is 2. The predicted molar refractivity (Wildman–Crippen MR) is 125 cm³/mol. The Balaban J connectivity index is 1.41. The average Bonchev–Trinajstić information content (AvgIpc) is 2.80. The standard InChI is InChI=1S/C25H32F3N3O4S/c26-25(27,28)18-6-2-3-7-19(18)36(34,35)31-24(8-4-1-5-9-24)22(33)30-20-16-10-15-11-17(20)14-23(12-15,13-16)21(29)32/h2-3,6-7,15-17,20,31H,1,4-5,8-14H2,(H2,29,32)(H,30,33). The van der Waals surface area contributed by atoms with Gasteiger partial charge in [-0.05, 0) is 74.8 Å². The van der Waals surface area contributed by atoms with E-state index < -0.39 is 43.5 Å². The van der Waals surface area contributed by atoms with Gasteiger partial charge < -0.3 is 11.1 Å². The molecular weight excluding hydrogens is 495 g/mol. The van der Waals surface area contributed by atoms with Gasteiger partial charge in [0.1, 0.15) is 5.54 Å². The van der Waals surface area contributed by atoms with E-state index in [1.54, 1.807) is 0 Å². The van der Waals surface area contributed by atoms with Crippen LogP contribution < -0.4 is 15.8 Å². The second-order valence-corrected chi connectivity index (χ2v) is 13.0. The van der Waals surface area contributed by atoms with E-state index in [0.717, 1.165) is 43.9 Å². The second kappa shape index (κ2) is 8.72. The lowest BCUT2D eigenvalue weighted by Crippen LogP contribution is -2.66. The number of carbonyl (C=O) groups is 2. The zero-order valence-electron chi connectivity index (χ0n) is 19.9. The van der Waals surface area contributed by atoms with Crippen LogP contribution in [0.25, 0.3) is 0 Å². The molecule has 5 saturated carbocycles. The molecule has 5 aliphatic rings. The molecule has 0 heterocycles. The molecule has 4 N–H and O–H groups in total. The number of alkyl halides is 3. The Labute approximate surface area is 208 Å². The SMILES string of the molecule is NC(=O)C12CC3CC(C1)C(NC(=O)C1(NS(=O)(=O)c4ccccc4C(F)(F)F)CCCCC1)C(C3)C2. The summed E-state index contributed by atoms with van der Waals surface area (Å²) < 4.78 is 69.7. The van der Waals surface area contributed by atoms with Crippen LogP contribution in [-0.2, 0) is 25.8 Å². The molecule has 36 heavy (non-hydrogen) atoms. The second-order valence-electron chi connectivity index (χ2n) is 11.4. The van der Waals surface area contributed by atoms with Crippen molar-refractivity contribution in [3.8, 4) is 0 Å². The molecule has 0 aromatic heterocycles. The number of benzene rings is 1. The highest BCUT2D eigenvalue weighted by Crippen LogP contribution is 2.60. The lowest BCUT2D eigenvalue weighted by atomic mass is 9.47. The summed E-state index contributed by atoms with van der Waals surface area (Å²) in [7, 11) is -4.65. The fourth-order valence-electron chi connectivity index (χ4n) is 7.63. The van der Waals surface area contributed by atoms with Gasteiger partial charge in [-0.2, -0.15) is 17.9 Å². The highest BCUT2D eigenvalue weighted by atomic mass is 32.2. The molecule has 7 nitrogen and oxygen atoms in total. The zero-order valence-corrected chi connectivity index (χ0v) is 20.8. The molecule has 5 aliphatic carbocycles. The van der Waals surface area contributed by atoms with E-state index in [4.69, 9.17) is 5.73 Å². The number of amides is 2. The van der Waals surface area contributed by atoms with Gasteiger partial charge in [0, 0.05) is 11.5 Å². The van der Waals surface area contributed by atoms with Crippen molar-refractivity contribution in [3.05, 3.63) is 29.8 Å². The van der Waals surface area contributed by atoms with E-state index in [9.17, 15) is 31.2 Å². The normalized spacial score (nSPS) is 33.3. The summed E-state index contributed by atoms with van der Waals surface area (Å²) in [5.74, 6) is -0.219. The van der Waals surface area contributed by atoms with Gasteiger partial charge in [0.25, 0.3) is 0 Å². The highest BCUT2D eigenvalue weighted by molar-refractivity contribution is 7.89. The van der Waals surface area contributed by atoms with E-state index in [0.29, 0.717) is 31.6 Å². The fraction of sp³-hybridized carbons (Fsp3) is 0.680. The van der Waals surface area contributed by atoms with Gasteiger partial charge in [-0.1, -0.05) is 31.4 Å². The maximum absolute atomic E-state index is 13.8. The molecule has 6 rings (SSSR count). The Morgan fingerprint density at radius 2 is 1.58 bits per heavy atom. The summed E-state index contributed by atoms with van der Waals surface area (Å²) in [6.45, 7) is 0. The Kier molecular flexibility index (Phi) is 6.18. The number of primary amides is 1. The molecule has 2 amide bonds. The van der Waals surface area contributed by atoms with Crippen LogP contribution in [0.5, 0.6) is 0 Å². The summed E-state index contributed by atoms with van der Waals surface area (Å²) in [6, 6.07) is 3.81. The summed E-state index contributed by atoms with van der Waals surface area (Å²) >= 11 is 0. The molecule has 5 fully saturated rings. The summed E-state index contributed by atoms with van der Waals surface area (Å²) in [4.78, 5) is 25.1. The van der Waals surface area contributed by atoms with Crippen LogP contribution >= 0.6 is 0 Å². The first-order valence-electron chi connectivity index (χ1n) is 12.7. The minimum atomic E-state index is -4.86. The van der Waals surface area contributed by atoms with Crippen LogP contribution in [0.2, 0.25) is 0 Å². The third-order valence-electron chi connectivity index (χ3n) is 9.05. The first-order valence-corrected chi connectivity index (χ1v) is 14.1. The summed E-state index contributed by atoms with van der Waals surface area (Å²) in [6.07, 6.45) is 1.32. The van der Waals surface area contributed by atoms with Crippen molar-refractivity contribution < 1.29 is 31.2 Å². The van der Waals surface area contributed by atoms with Crippen LogP contribution in [0.3, 0.4) is 0 Å². The molecule has 2 unspecified atom stereocenters. The number of hydrogen-bond donors (Lipinski definition) is 3. The van der Waals surface area contributed by atoms with Crippen molar-refractivity contribution in [2.45, 2.75) is 86.9 Å². The van der Waals surface area contributed by atoms with Crippen LogP contribution in [0.1, 0.15) is 69.8 Å². The third kappa shape index (κ3) is 4.31. The number of hydrogen-bond acceptors (Lipinski definition) is 4.